The molecule has 108 valence electrons. The van der Waals surface area contributed by atoms with Crippen LogP contribution in [0.5, 0.6) is 0 Å². The molecule has 2 rings (SSSR count). The van der Waals surface area contributed by atoms with Gasteiger partial charge in [0.15, 0.2) is 0 Å². The van der Waals surface area contributed by atoms with Gasteiger partial charge in [-0.05, 0) is 39.5 Å². The molecule has 0 bridgehead atoms. The minimum atomic E-state index is -0.455. The normalized spacial score (nSPS) is 24.0. The van der Waals surface area contributed by atoms with Crippen LogP contribution in [0.1, 0.15) is 46.5 Å². The molecule has 0 aromatic carbocycles. The molecule has 1 saturated carbocycles. The van der Waals surface area contributed by atoms with E-state index in [1.807, 2.05) is 20.8 Å². The average molecular weight is 268 g/mol. The zero-order chi connectivity index (χ0) is 14.3. The first-order valence-corrected chi connectivity index (χ1v) is 6.98. The van der Waals surface area contributed by atoms with Gasteiger partial charge in [0.1, 0.15) is 11.4 Å². The molecule has 1 heterocycles. The largest absolute Gasteiger partial charge is 0.444 e. The maximum atomic E-state index is 11.9. The van der Waals surface area contributed by atoms with Crippen molar-refractivity contribution in [2.24, 2.45) is 11.7 Å². The minimum Gasteiger partial charge on any atom is -0.444 e. The van der Waals surface area contributed by atoms with E-state index in [-0.39, 0.29) is 17.4 Å². The Morgan fingerprint density at radius 2 is 1.84 bits per heavy atom. The maximum Gasteiger partial charge on any atom is 0.410 e. The molecule has 2 aliphatic rings. The molecule has 0 aromatic heterocycles. The van der Waals surface area contributed by atoms with E-state index in [0.717, 1.165) is 12.8 Å². The first-order chi connectivity index (χ1) is 8.70. The summed E-state index contributed by atoms with van der Waals surface area (Å²) >= 11 is 0. The Hall–Kier alpha value is -1.10. The predicted octanol–water partition coefficient (Wildman–Crippen LogP) is 1.69. The van der Waals surface area contributed by atoms with Crippen LogP contribution >= 0.6 is 0 Å². The lowest BCUT2D eigenvalue weighted by Crippen LogP contribution is -2.60. The quantitative estimate of drug-likeness (QED) is 0.785. The van der Waals surface area contributed by atoms with Gasteiger partial charge in [0.05, 0.1) is 0 Å². The van der Waals surface area contributed by atoms with Gasteiger partial charge in [-0.25, -0.2) is 4.79 Å². The molecule has 1 saturated heterocycles. The molecule has 5 nitrogen and oxygen atoms in total. The van der Waals surface area contributed by atoms with E-state index >= 15 is 0 Å². The summed E-state index contributed by atoms with van der Waals surface area (Å²) in [6.45, 7) is 6.95. The molecule has 19 heavy (non-hydrogen) atoms. The van der Waals surface area contributed by atoms with Gasteiger partial charge < -0.3 is 15.4 Å². The first-order valence-electron chi connectivity index (χ1n) is 6.98. The van der Waals surface area contributed by atoms with Crippen molar-refractivity contribution in [3.8, 4) is 0 Å². The first kappa shape index (κ1) is 14.3. The summed E-state index contributed by atoms with van der Waals surface area (Å²) in [5.41, 5.74) is 5.47. The fourth-order valence-corrected chi connectivity index (χ4v) is 2.93. The predicted molar refractivity (Wildman–Crippen MR) is 71.7 cm³/mol. The van der Waals surface area contributed by atoms with Gasteiger partial charge in [0.25, 0.3) is 0 Å². The number of piperidine rings is 1. The number of carbonyl (C=O) groups is 2. The lowest BCUT2D eigenvalue weighted by atomic mass is 9.65. The standard InChI is InChI=1S/C14H24N2O3/c1-13(2,3)19-12(18)16-6-4-10(5-7-16)14(15)8-11(17)9-14/h10H,4-9,15H2,1-3H3. The zero-order valence-electron chi connectivity index (χ0n) is 12.1. The highest BCUT2D eigenvalue weighted by Crippen LogP contribution is 2.38. The Morgan fingerprint density at radius 3 is 2.26 bits per heavy atom. The fraction of sp³-hybridized carbons (Fsp3) is 0.857. The van der Waals surface area contributed by atoms with Gasteiger partial charge in [-0.1, -0.05) is 0 Å². The van der Waals surface area contributed by atoms with Gasteiger partial charge in [0.2, 0.25) is 0 Å². The number of hydrogen-bond acceptors (Lipinski definition) is 4. The van der Waals surface area contributed by atoms with Crippen molar-refractivity contribution in [2.45, 2.75) is 57.6 Å². The third kappa shape index (κ3) is 3.26. The molecule has 0 atom stereocenters. The average Bonchev–Trinajstić information content (AvgIpc) is 2.25. The van der Waals surface area contributed by atoms with Crippen molar-refractivity contribution in [2.75, 3.05) is 13.1 Å². The van der Waals surface area contributed by atoms with Crippen molar-refractivity contribution in [1.29, 1.82) is 0 Å². The van der Waals surface area contributed by atoms with Gasteiger partial charge in [-0.2, -0.15) is 0 Å². The van der Waals surface area contributed by atoms with E-state index in [1.54, 1.807) is 4.90 Å². The smallest absolute Gasteiger partial charge is 0.410 e. The van der Waals surface area contributed by atoms with Crippen LogP contribution in [0.25, 0.3) is 0 Å². The summed E-state index contributed by atoms with van der Waals surface area (Å²) < 4.78 is 5.36. The molecule has 0 aromatic rings. The van der Waals surface area contributed by atoms with Gasteiger partial charge in [0, 0.05) is 31.5 Å². The molecular formula is C14H24N2O3. The van der Waals surface area contributed by atoms with Crippen LogP contribution in [0.4, 0.5) is 4.79 Å². The van der Waals surface area contributed by atoms with E-state index in [9.17, 15) is 9.59 Å². The Bertz CT molecular complexity index is 371. The number of rotatable bonds is 1. The summed E-state index contributed by atoms with van der Waals surface area (Å²) in [5, 5.41) is 0. The monoisotopic (exact) mass is 268 g/mol. The lowest BCUT2D eigenvalue weighted by Gasteiger charge is -2.46. The van der Waals surface area contributed by atoms with Gasteiger partial charge in [-0.3, -0.25) is 4.79 Å². The molecular weight excluding hydrogens is 244 g/mol. The summed E-state index contributed by atoms with van der Waals surface area (Å²) in [6.07, 6.45) is 2.49. The number of carbonyl (C=O) groups excluding carboxylic acids is 2. The fourth-order valence-electron chi connectivity index (χ4n) is 2.93. The van der Waals surface area contributed by atoms with Gasteiger partial charge in [-0.15, -0.1) is 0 Å². The number of ketones is 1. The second-order valence-corrected chi connectivity index (χ2v) is 6.87. The summed E-state index contributed by atoms with van der Waals surface area (Å²) in [7, 11) is 0. The Kier molecular flexibility index (Phi) is 3.60. The summed E-state index contributed by atoms with van der Waals surface area (Å²) in [4.78, 5) is 24.8. The Morgan fingerprint density at radius 1 is 1.32 bits per heavy atom. The van der Waals surface area contributed by atoms with Crippen molar-refractivity contribution in [3.05, 3.63) is 0 Å². The SMILES string of the molecule is CC(C)(C)OC(=O)N1CCC(C2(N)CC(=O)C2)CC1. The number of nitrogens with zero attached hydrogens (tertiary/aromatic N) is 1. The molecule has 0 spiro atoms. The summed E-state index contributed by atoms with van der Waals surface area (Å²) in [5.74, 6) is 0.612. The van der Waals surface area contributed by atoms with Crippen LogP contribution < -0.4 is 5.73 Å². The number of likely N-dealkylation sites (tertiary alicyclic amines) is 1. The van der Waals surface area contributed by atoms with E-state index in [0.29, 0.717) is 31.8 Å². The van der Waals surface area contributed by atoms with Crippen LogP contribution in [0.15, 0.2) is 0 Å². The lowest BCUT2D eigenvalue weighted by molar-refractivity contribution is -0.130. The van der Waals surface area contributed by atoms with E-state index in [4.69, 9.17) is 10.5 Å². The van der Waals surface area contributed by atoms with Crippen molar-refractivity contribution >= 4 is 11.9 Å². The van der Waals surface area contributed by atoms with Crippen molar-refractivity contribution in [1.82, 2.24) is 4.90 Å². The maximum absolute atomic E-state index is 11.9. The molecule has 1 amide bonds. The van der Waals surface area contributed by atoms with Crippen LogP contribution in [0.3, 0.4) is 0 Å². The Labute approximate surface area is 114 Å². The molecule has 1 aliphatic heterocycles. The van der Waals surface area contributed by atoms with Crippen LogP contribution in [0.2, 0.25) is 0 Å². The Balaban J connectivity index is 1.83. The van der Waals surface area contributed by atoms with Crippen LogP contribution in [-0.4, -0.2) is 41.0 Å². The molecule has 0 unspecified atom stereocenters. The van der Waals surface area contributed by atoms with Crippen molar-refractivity contribution < 1.29 is 14.3 Å². The summed E-state index contributed by atoms with van der Waals surface area (Å²) in [6, 6.07) is 0. The number of hydrogen-bond donors (Lipinski definition) is 1. The molecule has 5 heteroatoms. The zero-order valence-corrected chi connectivity index (χ0v) is 12.1. The van der Waals surface area contributed by atoms with E-state index in [1.165, 1.54) is 0 Å². The van der Waals surface area contributed by atoms with Crippen LogP contribution in [-0.2, 0) is 9.53 Å². The van der Waals surface area contributed by atoms with Gasteiger partial charge >= 0.3 is 6.09 Å². The number of nitrogens with two attached hydrogens (primary N) is 1. The van der Waals surface area contributed by atoms with Crippen molar-refractivity contribution in [3.63, 3.8) is 0 Å². The highest BCUT2D eigenvalue weighted by molar-refractivity contribution is 5.87. The highest BCUT2D eigenvalue weighted by atomic mass is 16.6. The van der Waals surface area contributed by atoms with E-state index in [2.05, 4.69) is 0 Å². The second kappa shape index (κ2) is 4.78. The molecule has 0 radical (unpaired) electrons. The molecule has 2 fully saturated rings. The van der Waals surface area contributed by atoms with Crippen LogP contribution in [0, 0.1) is 5.92 Å². The number of amides is 1. The highest BCUT2D eigenvalue weighted by Gasteiger charge is 2.47. The minimum absolute atomic E-state index is 0.248. The third-order valence-electron chi connectivity index (χ3n) is 4.01. The topological polar surface area (TPSA) is 72.6 Å². The molecule has 2 N–H and O–H groups in total. The second-order valence-electron chi connectivity index (χ2n) is 6.87. The number of Topliss-reactive ketones (excluding diaryl/α,β-unsaturated/α-hetero) is 1. The van der Waals surface area contributed by atoms with E-state index < -0.39 is 5.60 Å². The third-order valence-corrected chi connectivity index (χ3v) is 4.01. The molecule has 1 aliphatic carbocycles. The number of ether oxygens (including phenoxy) is 1.